The van der Waals surface area contributed by atoms with Crippen LogP contribution in [0.2, 0.25) is 0 Å². The van der Waals surface area contributed by atoms with Gasteiger partial charge in [-0.2, -0.15) is 0 Å². The molecular formula is C16H23FO2. The van der Waals surface area contributed by atoms with E-state index in [1.807, 2.05) is 0 Å². The number of hydrogen-bond acceptors (Lipinski definition) is 2. The summed E-state index contributed by atoms with van der Waals surface area (Å²) < 4.78 is 13.8. The summed E-state index contributed by atoms with van der Waals surface area (Å²) in [4.78, 5) is 23.5. The van der Waals surface area contributed by atoms with Crippen LogP contribution in [0.1, 0.15) is 52.4 Å². The summed E-state index contributed by atoms with van der Waals surface area (Å²) in [5.41, 5.74) is 1.02. The summed E-state index contributed by atoms with van der Waals surface area (Å²) in [6, 6.07) is 0. The number of allylic oxidation sites excluding steroid dienone is 2. The number of Topliss-reactive ketones (excluding diaryl/α,β-unsaturated/α-hetero) is 2. The Balaban J connectivity index is 2.12. The number of rotatable bonds is 3. The van der Waals surface area contributed by atoms with E-state index in [0.29, 0.717) is 25.2 Å². The lowest BCUT2D eigenvalue weighted by Crippen LogP contribution is -2.41. The molecule has 2 nitrogen and oxygen atoms in total. The van der Waals surface area contributed by atoms with E-state index in [2.05, 4.69) is 19.9 Å². The highest BCUT2D eigenvalue weighted by atomic mass is 19.1. The number of halogens is 1. The third-order valence-corrected chi connectivity index (χ3v) is 4.38. The molecule has 0 amide bonds. The Kier molecular flexibility index (Phi) is 4.54. The van der Waals surface area contributed by atoms with Crippen molar-refractivity contribution in [2.75, 3.05) is 0 Å². The third kappa shape index (κ3) is 3.31. The van der Waals surface area contributed by atoms with E-state index in [4.69, 9.17) is 0 Å². The molecule has 0 unspecified atom stereocenters. The third-order valence-electron chi connectivity index (χ3n) is 4.38. The summed E-state index contributed by atoms with van der Waals surface area (Å²) in [5, 5.41) is 0. The van der Waals surface area contributed by atoms with Crippen molar-refractivity contribution in [2.24, 2.45) is 17.8 Å². The average molecular weight is 266 g/mol. The molecule has 0 spiro atoms. The quantitative estimate of drug-likeness (QED) is 0.731. The van der Waals surface area contributed by atoms with E-state index in [-0.39, 0.29) is 29.8 Å². The molecule has 106 valence electrons. The molecule has 0 aliphatic heterocycles. The maximum atomic E-state index is 13.8. The molecule has 0 aromatic rings. The van der Waals surface area contributed by atoms with Crippen molar-refractivity contribution >= 4 is 11.6 Å². The van der Waals surface area contributed by atoms with Gasteiger partial charge in [-0.25, -0.2) is 4.39 Å². The minimum Gasteiger partial charge on any atom is -0.300 e. The number of hydrogen-bond donors (Lipinski definition) is 0. The van der Waals surface area contributed by atoms with Gasteiger partial charge in [0.15, 0.2) is 12.0 Å². The first-order valence-corrected chi connectivity index (χ1v) is 7.37. The zero-order valence-electron chi connectivity index (χ0n) is 11.8. The Morgan fingerprint density at radius 1 is 1.26 bits per heavy atom. The second-order valence-electron chi connectivity index (χ2n) is 6.32. The van der Waals surface area contributed by atoms with Gasteiger partial charge >= 0.3 is 0 Å². The van der Waals surface area contributed by atoms with Crippen LogP contribution >= 0.6 is 0 Å². The standard InChI is InChI=1S/C16H23FO2/c1-10(2)4-3-5-11-8-15(17)16(19)13-7-6-12(18)9-14(11)13/h5,10,13-15H,3-4,6-9H2,1-2H3/b11-5+/t13-,14+,15-/m0/s1. The molecule has 19 heavy (non-hydrogen) atoms. The SMILES string of the molecule is CC(C)CC/C=C1\C[C@H](F)C(=O)[C@H]2CCC(=O)C[C@H]12. The van der Waals surface area contributed by atoms with Crippen molar-refractivity contribution in [3.05, 3.63) is 11.6 Å². The number of alkyl halides is 1. The van der Waals surface area contributed by atoms with Gasteiger partial charge in [-0.3, -0.25) is 9.59 Å². The molecule has 0 heterocycles. The molecule has 2 aliphatic rings. The van der Waals surface area contributed by atoms with E-state index in [1.54, 1.807) is 0 Å². The van der Waals surface area contributed by atoms with Gasteiger partial charge in [-0.1, -0.05) is 25.5 Å². The van der Waals surface area contributed by atoms with Crippen LogP contribution in [0.4, 0.5) is 4.39 Å². The fraction of sp³-hybridized carbons (Fsp3) is 0.750. The summed E-state index contributed by atoms with van der Waals surface area (Å²) in [5.74, 6) is 0.325. The van der Waals surface area contributed by atoms with E-state index in [1.165, 1.54) is 0 Å². The molecule has 0 radical (unpaired) electrons. The van der Waals surface area contributed by atoms with Crippen LogP contribution in [0, 0.1) is 17.8 Å². The fourth-order valence-corrected chi connectivity index (χ4v) is 3.27. The van der Waals surface area contributed by atoms with E-state index in [9.17, 15) is 14.0 Å². The first kappa shape index (κ1) is 14.4. The molecule has 2 rings (SSSR count). The Bertz CT molecular complexity index is 398. The summed E-state index contributed by atoms with van der Waals surface area (Å²) in [7, 11) is 0. The number of carbonyl (C=O) groups excluding carboxylic acids is 2. The average Bonchev–Trinajstić information content (AvgIpc) is 2.35. The van der Waals surface area contributed by atoms with Crippen LogP contribution < -0.4 is 0 Å². The monoisotopic (exact) mass is 266 g/mol. The first-order chi connectivity index (χ1) is 8.99. The smallest absolute Gasteiger partial charge is 0.170 e. The molecule has 3 atom stereocenters. The molecular weight excluding hydrogens is 243 g/mol. The lowest BCUT2D eigenvalue weighted by Gasteiger charge is -2.37. The number of fused-ring (bicyclic) bond motifs is 1. The molecule has 0 N–H and O–H groups in total. The van der Waals surface area contributed by atoms with Crippen LogP contribution in [0.5, 0.6) is 0 Å². The van der Waals surface area contributed by atoms with Crippen LogP contribution in [0.3, 0.4) is 0 Å². The second-order valence-corrected chi connectivity index (χ2v) is 6.32. The highest BCUT2D eigenvalue weighted by Gasteiger charge is 2.43. The predicted octanol–water partition coefficient (Wildman–Crippen LogP) is 3.65. The predicted molar refractivity (Wildman–Crippen MR) is 72.5 cm³/mol. The maximum absolute atomic E-state index is 13.8. The highest BCUT2D eigenvalue weighted by molar-refractivity contribution is 5.91. The molecule has 0 aromatic heterocycles. The van der Waals surface area contributed by atoms with Crippen molar-refractivity contribution in [2.45, 2.75) is 58.5 Å². The Morgan fingerprint density at radius 2 is 2.00 bits per heavy atom. The van der Waals surface area contributed by atoms with Crippen molar-refractivity contribution in [3.63, 3.8) is 0 Å². The Labute approximate surface area is 114 Å². The minimum atomic E-state index is -1.35. The minimum absolute atomic E-state index is 0.00656. The van der Waals surface area contributed by atoms with Gasteiger partial charge in [-0.05, 0) is 31.1 Å². The summed E-state index contributed by atoms with van der Waals surface area (Å²) in [6.45, 7) is 4.32. The lowest BCUT2D eigenvalue weighted by molar-refractivity contribution is -0.134. The zero-order chi connectivity index (χ0) is 14.0. The van der Waals surface area contributed by atoms with Crippen LogP contribution in [0.25, 0.3) is 0 Å². The normalized spacial score (nSPS) is 33.9. The van der Waals surface area contributed by atoms with Gasteiger partial charge in [0, 0.05) is 25.2 Å². The van der Waals surface area contributed by atoms with Crippen molar-refractivity contribution < 1.29 is 14.0 Å². The first-order valence-electron chi connectivity index (χ1n) is 7.37. The fourth-order valence-electron chi connectivity index (χ4n) is 3.27. The molecule has 0 saturated heterocycles. The number of ketones is 2. The van der Waals surface area contributed by atoms with Gasteiger partial charge < -0.3 is 0 Å². The van der Waals surface area contributed by atoms with Crippen molar-refractivity contribution in [1.82, 2.24) is 0 Å². The highest BCUT2D eigenvalue weighted by Crippen LogP contribution is 2.41. The van der Waals surface area contributed by atoms with Gasteiger partial charge in [0.05, 0.1) is 0 Å². The summed E-state index contributed by atoms with van der Waals surface area (Å²) in [6.07, 6.45) is 4.38. The molecule has 2 aliphatic carbocycles. The van der Waals surface area contributed by atoms with E-state index < -0.39 is 6.17 Å². The van der Waals surface area contributed by atoms with Crippen molar-refractivity contribution in [3.8, 4) is 0 Å². The van der Waals surface area contributed by atoms with Gasteiger partial charge in [0.25, 0.3) is 0 Å². The summed E-state index contributed by atoms with van der Waals surface area (Å²) >= 11 is 0. The molecule has 0 bridgehead atoms. The lowest BCUT2D eigenvalue weighted by atomic mass is 9.66. The Hall–Kier alpha value is -0.990. The zero-order valence-corrected chi connectivity index (χ0v) is 11.8. The topological polar surface area (TPSA) is 34.1 Å². The molecule has 2 saturated carbocycles. The number of carbonyl (C=O) groups is 2. The van der Waals surface area contributed by atoms with Gasteiger partial charge in [0.1, 0.15) is 5.78 Å². The molecule has 2 fully saturated rings. The van der Waals surface area contributed by atoms with Crippen molar-refractivity contribution in [1.29, 1.82) is 0 Å². The second kappa shape index (κ2) is 5.98. The van der Waals surface area contributed by atoms with Gasteiger partial charge in [0.2, 0.25) is 0 Å². The van der Waals surface area contributed by atoms with Crippen LogP contribution in [-0.4, -0.2) is 17.7 Å². The van der Waals surface area contributed by atoms with Crippen LogP contribution in [-0.2, 0) is 9.59 Å². The molecule has 0 aromatic carbocycles. The largest absolute Gasteiger partial charge is 0.300 e. The maximum Gasteiger partial charge on any atom is 0.170 e. The van der Waals surface area contributed by atoms with Gasteiger partial charge in [-0.15, -0.1) is 0 Å². The molecule has 3 heteroatoms. The van der Waals surface area contributed by atoms with E-state index >= 15 is 0 Å². The Morgan fingerprint density at radius 3 is 2.68 bits per heavy atom. The van der Waals surface area contributed by atoms with Crippen LogP contribution in [0.15, 0.2) is 11.6 Å². The van der Waals surface area contributed by atoms with E-state index in [0.717, 1.165) is 18.4 Å².